The molecular weight excluding hydrogens is 402 g/mol. The number of nitrogens with zero attached hydrogens (tertiary/aromatic N) is 2. The molecule has 0 aliphatic heterocycles. The first-order valence-corrected chi connectivity index (χ1v) is 10.3. The highest BCUT2D eigenvalue weighted by Gasteiger charge is 2.19. The van der Waals surface area contributed by atoms with Crippen molar-refractivity contribution in [3.63, 3.8) is 0 Å². The van der Waals surface area contributed by atoms with E-state index in [1.165, 1.54) is 0 Å². The van der Waals surface area contributed by atoms with E-state index in [1.54, 1.807) is 18.9 Å². The molecule has 0 saturated heterocycles. The van der Waals surface area contributed by atoms with Gasteiger partial charge in [-0.05, 0) is 48.9 Å². The Morgan fingerprint density at radius 1 is 0.906 bits per heavy atom. The van der Waals surface area contributed by atoms with Gasteiger partial charge < -0.3 is 9.47 Å². The molecule has 0 spiro atoms. The third-order valence-corrected chi connectivity index (χ3v) is 5.28. The molecule has 0 aliphatic carbocycles. The summed E-state index contributed by atoms with van der Waals surface area (Å²) in [6, 6.07) is 24.9. The highest BCUT2D eigenvalue weighted by molar-refractivity contribution is 6.03. The number of aromatic amines is 1. The molecule has 162 valence electrons. The van der Waals surface area contributed by atoms with Gasteiger partial charge in [-0.3, -0.25) is 14.9 Å². The molecule has 32 heavy (non-hydrogen) atoms. The van der Waals surface area contributed by atoms with Crippen molar-refractivity contribution in [1.82, 2.24) is 9.78 Å². The largest absolute Gasteiger partial charge is 0.497 e. The molecule has 0 saturated carbocycles. The second-order valence-corrected chi connectivity index (χ2v) is 7.32. The molecule has 0 bridgehead atoms. The van der Waals surface area contributed by atoms with Crippen LogP contribution in [-0.2, 0) is 6.54 Å². The minimum absolute atomic E-state index is 0.152. The summed E-state index contributed by atoms with van der Waals surface area (Å²) in [5, 5.41) is 3.28. The first-order valence-electron chi connectivity index (χ1n) is 10.3. The lowest BCUT2D eigenvalue weighted by Gasteiger charge is -2.04. The van der Waals surface area contributed by atoms with Crippen molar-refractivity contribution in [3.8, 4) is 28.4 Å². The van der Waals surface area contributed by atoms with E-state index in [-0.39, 0.29) is 5.56 Å². The van der Waals surface area contributed by atoms with Gasteiger partial charge in [0, 0.05) is 11.3 Å². The molecular formula is C26H25N3O3. The van der Waals surface area contributed by atoms with Crippen molar-refractivity contribution in [3.05, 3.63) is 100 Å². The summed E-state index contributed by atoms with van der Waals surface area (Å²) in [6.07, 6.45) is 0. The average molecular weight is 428 g/mol. The molecule has 4 aromatic rings. The SMILES string of the molecule is COc1ccc(-n2[nH]c(-c3ccccc3)c(C(C)=NCc3cccc(OC)c3)c2=O)cc1. The molecule has 6 heteroatoms. The molecule has 0 amide bonds. The molecule has 0 unspecified atom stereocenters. The molecule has 1 heterocycles. The Morgan fingerprint density at radius 2 is 1.62 bits per heavy atom. The molecule has 1 N–H and O–H groups in total. The van der Waals surface area contributed by atoms with Gasteiger partial charge >= 0.3 is 0 Å². The maximum atomic E-state index is 13.5. The van der Waals surface area contributed by atoms with Crippen LogP contribution in [-0.4, -0.2) is 29.7 Å². The van der Waals surface area contributed by atoms with Gasteiger partial charge in [0.15, 0.2) is 0 Å². The van der Waals surface area contributed by atoms with Gasteiger partial charge in [0.05, 0.1) is 37.7 Å². The zero-order valence-electron chi connectivity index (χ0n) is 18.3. The Bertz CT molecular complexity index is 1290. The monoisotopic (exact) mass is 427 g/mol. The van der Waals surface area contributed by atoms with E-state index in [4.69, 9.17) is 14.5 Å². The van der Waals surface area contributed by atoms with Crippen molar-refractivity contribution < 1.29 is 9.47 Å². The lowest BCUT2D eigenvalue weighted by Crippen LogP contribution is -2.19. The summed E-state index contributed by atoms with van der Waals surface area (Å²) in [4.78, 5) is 18.2. The fourth-order valence-corrected chi connectivity index (χ4v) is 3.56. The van der Waals surface area contributed by atoms with E-state index in [9.17, 15) is 4.79 Å². The summed E-state index contributed by atoms with van der Waals surface area (Å²) >= 11 is 0. The van der Waals surface area contributed by atoms with Crippen molar-refractivity contribution in [2.75, 3.05) is 14.2 Å². The maximum Gasteiger partial charge on any atom is 0.280 e. The smallest absolute Gasteiger partial charge is 0.280 e. The molecule has 4 rings (SSSR count). The lowest BCUT2D eigenvalue weighted by molar-refractivity contribution is 0.414. The Balaban J connectivity index is 1.78. The molecule has 6 nitrogen and oxygen atoms in total. The molecule has 0 atom stereocenters. The van der Waals surface area contributed by atoms with Crippen LogP contribution in [0.2, 0.25) is 0 Å². The van der Waals surface area contributed by atoms with Crippen molar-refractivity contribution in [2.24, 2.45) is 4.99 Å². The normalized spacial score (nSPS) is 11.4. The van der Waals surface area contributed by atoms with Crippen LogP contribution < -0.4 is 15.0 Å². The third kappa shape index (κ3) is 4.34. The predicted octanol–water partition coefficient (Wildman–Crippen LogP) is 4.86. The summed E-state index contributed by atoms with van der Waals surface area (Å²) in [6.45, 7) is 2.32. The molecule has 0 aliphatic rings. The number of aliphatic imine (C=N–C) groups is 1. The fraction of sp³-hybridized carbons (Fsp3) is 0.154. The Labute approximate surface area is 186 Å². The number of nitrogens with one attached hydrogen (secondary N) is 1. The van der Waals surface area contributed by atoms with Gasteiger partial charge in [-0.1, -0.05) is 42.5 Å². The number of hydrogen-bond acceptors (Lipinski definition) is 4. The number of methoxy groups -OCH3 is 2. The molecule has 0 fully saturated rings. The Kier molecular flexibility index (Phi) is 6.22. The van der Waals surface area contributed by atoms with E-state index < -0.39 is 0 Å². The van der Waals surface area contributed by atoms with Crippen LogP contribution in [0.1, 0.15) is 18.1 Å². The molecule has 3 aromatic carbocycles. The van der Waals surface area contributed by atoms with Crippen LogP contribution in [0.4, 0.5) is 0 Å². The minimum Gasteiger partial charge on any atom is -0.497 e. The van der Waals surface area contributed by atoms with Gasteiger partial charge in [0.1, 0.15) is 11.5 Å². The van der Waals surface area contributed by atoms with Gasteiger partial charge in [-0.2, -0.15) is 0 Å². The van der Waals surface area contributed by atoms with Gasteiger partial charge in [-0.15, -0.1) is 0 Å². The third-order valence-electron chi connectivity index (χ3n) is 5.28. The maximum absolute atomic E-state index is 13.5. The summed E-state index contributed by atoms with van der Waals surface area (Å²) in [5.74, 6) is 1.51. The second-order valence-electron chi connectivity index (χ2n) is 7.32. The number of ether oxygens (including phenoxy) is 2. The van der Waals surface area contributed by atoms with E-state index >= 15 is 0 Å². The van der Waals surface area contributed by atoms with E-state index in [0.29, 0.717) is 17.8 Å². The summed E-state index contributed by atoms with van der Waals surface area (Å²) in [7, 11) is 3.25. The average Bonchev–Trinajstić information content (AvgIpc) is 3.20. The number of benzene rings is 3. The quantitative estimate of drug-likeness (QED) is 0.428. The van der Waals surface area contributed by atoms with Crippen LogP contribution in [0, 0.1) is 0 Å². The lowest BCUT2D eigenvalue weighted by atomic mass is 10.1. The first kappa shape index (κ1) is 21.2. The van der Waals surface area contributed by atoms with E-state index in [2.05, 4.69) is 5.10 Å². The summed E-state index contributed by atoms with van der Waals surface area (Å²) in [5.41, 5.74) is 4.45. The number of hydrogen-bond donors (Lipinski definition) is 1. The van der Waals surface area contributed by atoms with Gasteiger partial charge in [0.25, 0.3) is 5.56 Å². The fourth-order valence-electron chi connectivity index (χ4n) is 3.56. The summed E-state index contributed by atoms with van der Waals surface area (Å²) < 4.78 is 12.1. The highest BCUT2D eigenvalue weighted by Crippen LogP contribution is 2.23. The van der Waals surface area contributed by atoms with Crippen LogP contribution >= 0.6 is 0 Å². The topological polar surface area (TPSA) is 68.6 Å². The Morgan fingerprint density at radius 3 is 2.31 bits per heavy atom. The number of aromatic nitrogens is 2. The standard InChI is InChI=1S/C26H25N3O3/c1-18(27-17-19-8-7-11-23(16-19)32-3)24-25(20-9-5-4-6-10-20)28-29(26(24)30)21-12-14-22(31-2)15-13-21/h4-16,28H,17H2,1-3H3. The zero-order valence-corrected chi connectivity index (χ0v) is 18.3. The van der Waals surface area contributed by atoms with Crippen LogP contribution in [0.5, 0.6) is 11.5 Å². The van der Waals surface area contributed by atoms with Gasteiger partial charge in [0.2, 0.25) is 0 Å². The number of rotatable bonds is 7. The van der Waals surface area contributed by atoms with Crippen molar-refractivity contribution in [2.45, 2.75) is 13.5 Å². The number of H-pyrrole nitrogens is 1. The highest BCUT2D eigenvalue weighted by atomic mass is 16.5. The van der Waals surface area contributed by atoms with E-state index in [1.807, 2.05) is 85.8 Å². The molecule has 1 aromatic heterocycles. The second kappa shape index (κ2) is 9.39. The van der Waals surface area contributed by atoms with Crippen LogP contribution in [0.15, 0.2) is 88.6 Å². The van der Waals surface area contributed by atoms with Crippen molar-refractivity contribution >= 4 is 5.71 Å². The van der Waals surface area contributed by atoms with Crippen LogP contribution in [0.25, 0.3) is 16.9 Å². The van der Waals surface area contributed by atoms with Crippen LogP contribution in [0.3, 0.4) is 0 Å². The van der Waals surface area contributed by atoms with E-state index in [0.717, 1.165) is 34.0 Å². The van der Waals surface area contributed by atoms with Crippen molar-refractivity contribution in [1.29, 1.82) is 0 Å². The zero-order chi connectivity index (χ0) is 22.5. The molecule has 0 radical (unpaired) electrons. The first-order chi connectivity index (χ1) is 15.6. The minimum atomic E-state index is -0.152. The Hall–Kier alpha value is -4.06. The predicted molar refractivity (Wildman–Crippen MR) is 127 cm³/mol. The van der Waals surface area contributed by atoms with Gasteiger partial charge in [-0.25, -0.2) is 4.68 Å².